The fourth-order valence-electron chi connectivity index (χ4n) is 3.60. The molecular formula is C24H38ClN3O2. The zero-order chi connectivity index (χ0) is 21.7. The van der Waals surface area contributed by atoms with Crippen molar-refractivity contribution in [1.29, 1.82) is 0 Å². The molecule has 0 spiro atoms. The molecule has 1 aliphatic carbocycles. The molecule has 30 heavy (non-hydrogen) atoms. The largest absolute Gasteiger partial charge is 0.494 e. The summed E-state index contributed by atoms with van der Waals surface area (Å²) < 4.78 is 9.30. The van der Waals surface area contributed by atoms with Crippen LogP contribution in [0.3, 0.4) is 0 Å². The van der Waals surface area contributed by atoms with E-state index in [4.69, 9.17) is 22.2 Å². The van der Waals surface area contributed by atoms with E-state index in [0.717, 1.165) is 25.0 Å². The van der Waals surface area contributed by atoms with E-state index in [0.29, 0.717) is 12.2 Å². The lowest BCUT2D eigenvalue weighted by molar-refractivity contribution is 0.0943. The number of halogens is 1. The van der Waals surface area contributed by atoms with Crippen molar-refractivity contribution in [3.05, 3.63) is 29.8 Å². The fraction of sp³-hybridized carbons (Fsp3) is 0.667. The monoisotopic (exact) mass is 435 g/mol. The Balaban J connectivity index is 1.53. The number of unbranched alkanes of at least 4 members (excludes halogenated alkanes) is 10. The minimum Gasteiger partial charge on any atom is -0.494 e. The van der Waals surface area contributed by atoms with Crippen LogP contribution in [-0.2, 0) is 0 Å². The standard InChI is InChI=1S/C24H38ClN3O2/c1-2-3-4-5-6-7-8-9-10-11-12-19-30-21-15-13-20(14-16-21)22(29)27-24(17-18-24)23(26)28-25/h13-16H,2-12,17-19H2,1H3,(H2,26,28)(H,27,29). The average Bonchev–Trinajstić information content (AvgIpc) is 3.55. The molecule has 3 N–H and O–H groups in total. The second kappa shape index (κ2) is 13.5. The van der Waals surface area contributed by atoms with Crippen LogP contribution in [0.15, 0.2) is 28.8 Å². The molecule has 5 nitrogen and oxygen atoms in total. The van der Waals surface area contributed by atoms with Crippen LogP contribution in [0, 0.1) is 0 Å². The number of nitrogens with one attached hydrogen (secondary N) is 1. The second-order valence-corrected chi connectivity index (χ2v) is 8.58. The Bertz CT molecular complexity index is 657. The zero-order valence-corrected chi connectivity index (χ0v) is 19.2. The van der Waals surface area contributed by atoms with Gasteiger partial charge in [-0.05, 0) is 43.5 Å². The van der Waals surface area contributed by atoms with Gasteiger partial charge in [-0.25, -0.2) is 0 Å². The minimum atomic E-state index is -0.566. The van der Waals surface area contributed by atoms with E-state index in [2.05, 4.69) is 16.8 Å². The first-order valence-corrected chi connectivity index (χ1v) is 12.0. The first kappa shape index (κ1) is 24.5. The number of ether oxygens (including phenoxy) is 1. The zero-order valence-electron chi connectivity index (χ0n) is 18.4. The van der Waals surface area contributed by atoms with E-state index in [1.54, 1.807) is 12.1 Å². The van der Waals surface area contributed by atoms with Crippen molar-refractivity contribution in [2.75, 3.05) is 6.61 Å². The number of hydrogen-bond donors (Lipinski definition) is 2. The van der Waals surface area contributed by atoms with Gasteiger partial charge < -0.3 is 15.8 Å². The molecule has 6 heteroatoms. The van der Waals surface area contributed by atoms with Crippen LogP contribution in [0.2, 0.25) is 0 Å². The van der Waals surface area contributed by atoms with Gasteiger partial charge in [0, 0.05) is 17.3 Å². The molecule has 0 atom stereocenters. The lowest BCUT2D eigenvalue weighted by Gasteiger charge is -2.16. The predicted molar refractivity (Wildman–Crippen MR) is 125 cm³/mol. The van der Waals surface area contributed by atoms with Crippen LogP contribution < -0.4 is 15.8 Å². The van der Waals surface area contributed by atoms with Crippen LogP contribution in [0.5, 0.6) is 5.75 Å². The summed E-state index contributed by atoms with van der Waals surface area (Å²) >= 11 is 5.45. The van der Waals surface area contributed by atoms with Gasteiger partial charge in [0.2, 0.25) is 0 Å². The molecule has 0 unspecified atom stereocenters. The van der Waals surface area contributed by atoms with Gasteiger partial charge in [-0.15, -0.1) is 0 Å². The summed E-state index contributed by atoms with van der Waals surface area (Å²) in [4.78, 5) is 12.4. The maximum absolute atomic E-state index is 12.4. The number of amides is 1. The topological polar surface area (TPSA) is 76.7 Å². The third kappa shape index (κ3) is 8.55. The number of hydrogen-bond acceptors (Lipinski definition) is 3. The molecule has 0 aromatic heterocycles. The Hall–Kier alpha value is -1.75. The number of carbonyl (C=O) groups excluding carboxylic acids is 1. The molecule has 1 fully saturated rings. The van der Waals surface area contributed by atoms with Crippen LogP contribution in [-0.4, -0.2) is 23.9 Å². The number of benzene rings is 1. The number of nitrogens with zero attached hydrogens (tertiary/aromatic N) is 1. The van der Waals surface area contributed by atoms with E-state index >= 15 is 0 Å². The van der Waals surface area contributed by atoms with Crippen LogP contribution in [0.1, 0.15) is 101 Å². The molecule has 168 valence electrons. The Morgan fingerprint density at radius 2 is 1.53 bits per heavy atom. The minimum absolute atomic E-state index is 0.173. The van der Waals surface area contributed by atoms with Gasteiger partial charge in [-0.2, -0.15) is 4.51 Å². The van der Waals surface area contributed by atoms with Gasteiger partial charge in [0.1, 0.15) is 11.6 Å². The normalized spacial score (nSPS) is 15.1. The summed E-state index contributed by atoms with van der Waals surface area (Å²) in [5, 5.41) is 2.93. The van der Waals surface area contributed by atoms with Crippen molar-refractivity contribution >= 4 is 23.5 Å². The van der Waals surface area contributed by atoms with E-state index < -0.39 is 5.54 Å². The molecule has 0 heterocycles. The Morgan fingerprint density at radius 3 is 2.03 bits per heavy atom. The predicted octanol–water partition coefficient (Wildman–Crippen LogP) is 6.15. The highest BCUT2D eigenvalue weighted by atomic mass is 35.5. The lowest BCUT2D eigenvalue weighted by Crippen LogP contribution is -2.46. The summed E-state index contributed by atoms with van der Waals surface area (Å²) in [6, 6.07) is 7.22. The molecule has 2 rings (SSSR count). The smallest absolute Gasteiger partial charge is 0.252 e. The summed E-state index contributed by atoms with van der Waals surface area (Å²) in [5.41, 5.74) is 5.79. The second-order valence-electron chi connectivity index (χ2n) is 8.41. The summed E-state index contributed by atoms with van der Waals surface area (Å²) in [5.74, 6) is 0.888. The van der Waals surface area contributed by atoms with Crippen molar-refractivity contribution in [3.8, 4) is 5.75 Å². The summed E-state index contributed by atoms with van der Waals surface area (Å²) in [6.07, 6.45) is 16.1. The first-order chi connectivity index (χ1) is 14.6. The van der Waals surface area contributed by atoms with E-state index in [1.807, 2.05) is 12.1 Å². The van der Waals surface area contributed by atoms with Crippen LogP contribution in [0.25, 0.3) is 0 Å². The Kier molecular flexibility index (Phi) is 11.1. The van der Waals surface area contributed by atoms with Gasteiger partial charge in [-0.3, -0.25) is 4.79 Å². The van der Waals surface area contributed by atoms with Gasteiger partial charge in [0.25, 0.3) is 5.91 Å². The molecular weight excluding hydrogens is 398 g/mol. The highest BCUT2D eigenvalue weighted by molar-refractivity contribution is 6.21. The van der Waals surface area contributed by atoms with Crippen LogP contribution >= 0.6 is 11.8 Å². The average molecular weight is 436 g/mol. The lowest BCUT2D eigenvalue weighted by atomic mass is 10.1. The molecule has 1 aromatic rings. The van der Waals surface area contributed by atoms with Gasteiger partial charge in [0.15, 0.2) is 0 Å². The molecule has 0 saturated heterocycles. The molecule has 0 aliphatic heterocycles. The maximum Gasteiger partial charge on any atom is 0.252 e. The van der Waals surface area contributed by atoms with E-state index in [1.165, 1.54) is 64.2 Å². The molecule has 1 aromatic carbocycles. The van der Waals surface area contributed by atoms with E-state index in [9.17, 15) is 4.79 Å². The molecule has 0 bridgehead atoms. The van der Waals surface area contributed by atoms with Crippen LogP contribution in [0.4, 0.5) is 0 Å². The highest BCUT2D eigenvalue weighted by Gasteiger charge is 2.48. The maximum atomic E-state index is 12.4. The highest BCUT2D eigenvalue weighted by Crippen LogP contribution is 2.36. The van der Waals surface area contributed by atoms with Crippen molar-refractivity contribution in [1.82, 2.24) is 5.32 Å². The third-order valence-corrected chi connectivity index (χ3v) is 6.00. The fourth-order valence-corrected chi connectivity index (χ4v) is 3.76. The first-order valence-electron chi connectivity index (χ1n) is 11.6. The van der Waals surface area contributed by atoms with E-state index in [-0.39, 0.29) is 11.7 Å². The molecule has 0 radical (unpaired) electrons. The Labute approximate surface area is 186 Å². The van der Waals surface area contributed by atoms with Crippen molar-refractivity contribution in [2.45, 2.75) is 95.9 Å². The summed E-state index contributed by atoms with van der Waals surface area (Å²) in [6.45, 7) is 2.98. The molecule has 1 amide bonds. The van der Waals surface area contributed by atoms with Gasteiger partial charge >= 0.3 is 0 Å². The number of amidine groups is 1. The number of carbonyl (C=O) groups is 1. The third-order valence-electron chi connectivity index (χ3n) is 5.82. The number of rotatable bonds is 16. The Morgan fingerprint density at radius 1 is 1.00 bits per heavy atom. The summed E-state index contributed by atoms with van der Waals surface area (Å²) in [7, 11) is 0. The van der Waals surface area contributed by atoms with Gasteiger partial charge in [0.05, 0.1) is 12.1 Å². The van der Waals surface area contributed by atoms with Crippen molar-refractivity contribution in [2.24, 2.45) is 10.2 Å². The van der Waals surface area contributed by atoms with Gasteiger partial charge in [-0.1, -0.05) is 71.1 Å². The quantitative estimate of drug-likeness (QED) is 0.186. The van der Waals surface area contributed by atoms with Crippen molar-refractivity contribution < 1.29 is 9.53 Å². The molecule has 1 aliphatic rings. The number of nitrogens with two attached hydrogens (primary N) is 1. The van der Waals surface area contributed by atoms with Crippen molar-refractivity contribution in [3.63, 3.8) is 0 Å². The molecule has 1 saturated carbocycles. The SMILES string of the molecule is CCCCCCCCCCCCCOc1ccc(C(=O)NC2(/C(N)=N/Cl)CC2)cc1.